The second kappa shape index (κ2) is 7.47. The molecule has 1 aliphatic rings. The molecule has 116 valence electrons. The Labute approximate surface area is 120 Å². The Morgan fingerprint density at radius 3 is 2.60 bits per heavy atom. The van der Waals surface area contributed by atoms with Crippen LogP contribution in [0, 0.1) is 11.8 Å². The summed E-state index contributed by atoms with van der Waals surface area (Å²) in [6.07, 6.45) is 2.34. The molecule has 0 aliphatic carbocycles. The molecule has 20 heavy (non-hydrogen) atoms. The fourth-order valence-corrected chi connectivity index (χ4v) is 2.41. The van der Waals surface area contributed by atoms with Gasteiger partial charge >= 0.3 is 12.0 Å². The molecule has 0 bridgehead atoms. The van der Waals surface area contributed by atoms with E-state index in [0.717, 1.165) is 19.4 Å². The maximum Gasteiger partial charge on any atom is 0.315 e. The van der Waals surface area contributed by atoms with Gasteiger partial charge in [0.1, 0.15) is 0 Å². The van der Waals surface area contributed by atoms with Crippen LogP contribution in [-0.4, -0.2) is 42.4 Å². The smallest absolute Gasteiger partial charge is 0.315 e. The van der Waals surface area contributed by atoms with Crippen LogP contribution in [0.25, 0.3) is 0 Å². The van der Waals surface area contributed by atoms with Crippen LogP contribution < -0.4 is 10.6 Å². The Morgan fingerprint density at radius 1 is 1.40 bits per heavy atom. The van der Waals surface area contributed by atoms with Crippen molar-refractivity contribution in [3.05, 3.63) is 0 Å². The van der Waals surface area contributed by atoms with Crippen LogP contribution in [0.5, 0.6) is 0 Å². The van der Waals surface area contributed by atoms with Gasteiger partial charge in [0.25, 0.3) is 0 Å². The number of carbonyl (C=O) groups is 2. The maximum absolute atomic E-state index is 11.9. The predicted molar refractivity (Wildman–Crippen MR) is 75.6 cm³/mol. The van der Waals surface area contributed by atoms with Crippen molar-refractivity contribution in [2.45, 2.75) is 45.6 Å². The van der Waals surface area contributed by atoms with Crippen molar-refractivity contribution in [1.29, 1.82) is 0 Å². The van der Waals surface area contributed by atoms with Gasteiger partial charge in [-0.25, -0.2) is 4.79 Å². The SMILES string of the molecule is CC(C)CC(CNC(=O)NC1(C)CCCOC1)C(=O)O. The molecular formula is C14H26N2O4. The van der Waals surface area contributed by atoms with E-state index in [1.54, 1.807) is 0 Å². The zero-order valence-electron chi connectivity index (χ0n) is 12.6. The first-order valence-corrected chi connectivity index (χ1v) is 7.19. The van der Waals surface area contributed by atoms with Gasteiger partial charge in [-0.3, -0.25) is 4.79 Å². The third-order valence-electron chi connectivity index (χ3n) is 3.47. The number of rotatable bonds is 6. The summed E-state index contributed by atoms with van der Waals surface area (Å²) in [6, 6.07) is -0.326. The number of ether oxygens (including phenoxy) is 1. The van der Waals surface area contributed by atoms with Crippen molar-refractivity contribution >= 4 is 12.0 Å². The van der Waals surface area contributed by atoms with E-state index in [2.05, 4.69) is 10.6 Å². The Bertz CT molecular complexity index is 338. The first-order valence-electron chi connectivity index (χ1n) is 7.19. The van der Waals surface area contributed by atoms with Crippen molar-refractivity contribution in [2.75, 3.05) is 19.8 Å². The summed E-state index contributed by atoms with van der Waals surface area (Å²) >= 11 is 0. The molecule has 1 saturated heterocycles. The highest BCUT2D eigenvalue weighted by atomic mass is 16.5. The number of urea groups is 1. The minimum atomic E-state index is -0.869. The molecule has 1 heterocycles. The van der Waals surface area contributed by atoms with Crippen molar-refractivity contribution in [1.82, 2.24) is 10.6 Å². The molecule has 1 rings (SSSR count). The van der Waals surface area contributed by atoms with Crippen molar-refractivity contribution < 1.29 is 19.4 Å². The monoisotopic (exact) mass is 286 g/mol. The highest BCUT2D eigenvalue weighted by Crippen LogP contribution is 2.18. The lowest BCUT2D eigenvalue weighted by atomic mass is 9.95. The third kappa shape index (κ3) is 5.77. The summed E-state index contributed by atoms with van der Waals surface area (Å²) in [5, 5.41) is 14.6. The van der Waals surface area contributed by atoms with E-state index in [-0.39, 0.29) is 24.0 Å². The van der Waals surface area contributed by atoms with Gasteiger partial charge in [-0.15, -0.1) is 0 Å². The van der Waals surface area contributed by atoms with Crippen molar-refractivity contribution in [2.24, 2.45) is 11.8 Å². The Balaban J connectivity index is 2.39. The van der Waals surface area contributed by atoms with Crippen LogP contribution in [-0.2, 0) is 9.53 Å². The van der Waals surface area contributed by atoms with Crippen LogP contribution in [0.2, 0.25) is 0 Å². The van der Waals surface area contributed by atoms with Crippen molar-refractivity contribution in [3.63, 3.8) is 0 Å². The van der Waals surface area contributed by atoms with Gasteiger partial charge in [0.05, 0.1) is 18.1 Å². The van der Waals surface area contributed by atoms with Crippen molar-refractivity contribution in [3.8, 4) is 0 Å². The molecule has 2 atom stereocenters. The molecule has 0 saturated carbocycles. The van der Waals surface area contributed by atoms with Gasteiger partial charge in [0, 0.05) is 13.2 Å². The average molecular weight is 286 g/mol. The summed E-state index contributed by atoms with van der Waals surface area (Å²) in [6.45, 7) is 7.25. The van der Waals surface area contributed by atoms with Gasteiger partial charge in [-0.05, 0) is 32.1 Å². The molecular weight excluding hydrogens is 260 g/mol. The highest BCUT2D eigenvalue weighted by Gasteiger charge is 2.29. The van der Waals surface area contributed by atoms with E-state index in [1.807, 2.05) is 20.8 Å². The van der Waals surface area contributed by atoms with Crippen LogP contribution in [0.15, 0.2) is 0 Å². The first kappa shape index (κ1) is 16.8. The lowest BCUT2D eigenvalue weighted by molar-refractivity contribution is -0.142. The Morgan fingerprint density at radius 2 is 2.10 bits per heavy atom. The quantitative estimate of drug-likeness (QED) is 0.692. The topological polar surface area (TPSA) is 87.7 Å². The summed E-state index contributed by atoms with van der Waals surface area (Å²) < 4.78 is 5.37. The minimum absolute atomic E-state index is 0.149. The molecule has 6 heteroatoms. The number of carboxylic acid groups (broad SMARTS) is 1. The van der Waals surface area contributed by atoms with Gasteiger partial charge in [0.2, 0.25) is 0 Å². The fourth-order valence-electron chi connectivity index (χ4n) is 2.41. The zero-order valence-corrected chi connectivity index (χ0v) is 12.6. The minimum Gasteiger partial charge on any atom is -0.481 e. The van der Waals surface area contributed by atoms with E-state index in [4.69, 9.17) is 9.84 Å². The van der Waals surface area contributed by atoms with Crippen LogP contribution in [0.1, 0.15) is 40.0 Å². The molecule has 0 aromatic carbocycles. The number of amides is 2. The molecule has 0 aromatic heterocycles. The van der Waals surface area contributed by atoms with Crippen LogP contribution in [0.3, 0.4) is 0 Å². The second-order valence-electron chi connectivity index (χ2n) is 6.22. The molecule has 3 N–H and O–H groups in total. The highest BCUT2D eigenvalue weighted by molar-refractivity contribution is 5.76. The molecule has 6 nitrogen and oxygen atoms in total. The number of hydrogen-bond donors (Lipinski definition) is 3. The van der Waals surface area contributed by atoms with E-state index < -0.39 is 11.9 Å². The molecule has 2 amide bonds. The van der Waals surface area contributed by atoms with E-state index >= 15 is 0 Å². The number of hydrogen-bond acceptors (Lipinski definition) is 3. The van der Waals surface area contributed by atoms with Crippen LogP contribution in [0.4, 0.5) is 4.79 Å². The number of carboxylic acids is 1. The summed E-state index contributed by atoms with van der Waals surface area (Å²) in [4.78, 5) is 23.0. The predicted octanol–water partition coefficient (Wildman–Crippen LogP) is 1.60. The first-order chi connectivity index (χ1) is 9.32. The number of nitrogens with one attached hydrogen (secondary N) is 2. The number of aliphatic carboxylic acids is 1. The molecule has 0 aromatic rings. The Kier molecular flexibility index (Phi) is 6.26. The molecule has 1 fully saturated rings. The lowest BCUT2D eigenvalue weighted by Gasteiger charge is -2.34. The van der Waals surface area contributed by atoms with Gasteiger partial charge in [-0.2, -0.15) is 0 Å². The van der Waals surface area contributed by atoms with E-state index in [1.165, 1.54) is 0 Å². The van der Waals surface area contributed by atoms with E-state index in [0.29, 0.717) is 13.0 Å². The molecule has 0 spiro atoms. The summed E-state index contributed by atoms with van der Waals surface area (Å²) in [5.41, 5.74) is -0.362. The van der Waals surface area contributed by atoms with Gasteiger partial charge in [0.15, 0.2) is 0 Å². The second-order valence-corrected chi connectivity index (χ2v) is 6.22. The van der Waals surface area contributed by atoms with Crippen LogP contribution >= 0.6 is 0 Å². The largest absolute Gasteiger partial charge is 0.481 e. The number of carbonyl (C=O) groups excluding carboxylic acids is 1. The molecule has 0 radical (unpaired) electrons. The summed E-state index contributed by atoms with van der Waals surface area (Å²) in [7, 11) is 0. The molecule has 2 unspecified atom stereocenters. The fraction of sp³-hybridized carbons (Fsp3) is 0.857. The van der Waals surface area contributed by atoms with Gasteiger partial charge in [-0.1, -0.05) is 13.8 Å². The normalized spacial score (nSPS) is 24.2. The zero-order chi connectivity index (χ0) is 15.2. The maximum atomic E-state index is 11.9. The molecule has 1 aliphatic heterocycles. The van der Waals surface area contributed by atoms with Gasteiger partial charge < -0.3 is 20.5 Å². The van der Waals surface area contributed by atoms with E-state index in [9.17, 15) is 9.59 Å². The third-order valence-corrected chi connectivity index (χ3v) is 3.47. The Hall–Kier alpha value is -1.30. The lowest BCUT2D eigenvalue weighted by Crippen LogP contribution is -2.55. The average Bonchev–Trinajstić information content (AvgIpc) is 2.34. The standard InChI is InChI=1S/C14H26N2O4/c1-10(2)7-11(12(17)18)8-15-13(19)16-14(3)5-4-6-20-9-14/h10-11H,4-9H2,1-3H3,(H,17,18)(H2,15,16,19). The summed E-state index contributed by atoms with van der Waals surface area (Å²) in [5.74, 6) is -1.13.